The molecule has 5 heteroatoms. The van der Waals surface area contributed by atoms with Crippen molar-refractivity contribution in [3.8, 4) is 0 Å². The maximum absolute atomic E-state index is 12.4. The largest absolute Gasteiger partial charge is 0.399 e. The highest BCUT2D eigenvalue weighted by molar-refractivity contribution is 6.01. The van der Waals surface area contributed by atoms with Gasteiger partial charge in [-0.1, -0.05) is 0 Å². The summed E-state index contributed by atoms with van der Waals surface area (Å²) in [6.45, 7) is -2.78. The molecule has 1 aliphatic rings. The van der Waals surface area contributed by atoms with Gasteiger partial charge in [0.1, 0.15) is 0 Å². The fourth-order valence-electron chi connectivity index (χ4n) is 1.58. The van der Waals surface area contributed by atoms with E-state index in [4.69, 9.17) is 5.73 Å². The van der Waals surface area contributed by atoms with Gasteiger partial charge in [-0.25, -0.2) is 0 Å². The van der Waals surface area contributed by atoms with Gasteiger partial charge in [-0.05, 0) is 23.8 Å². The molecule has 2 N–H and O–H groups in total. The van der Waals surface area contributed by atoms with Crippen molar-refractivity contribution in [3.63, 3.8) is 0 Å². The monoisotopic (exact) mass is 198 g/mol. The van der Waals surface area contributed by atoms with Gasteiger partial charge in [0.2, 0.25) is 5.91 Å². The zero-order valence-electron chi connectivity index (χ0n) is 7.21. The molecule has 74 valence electrons. The molecule has 1 aliphatic heterocycles. The van der Waals surface area contributed by atoms with Crippen LogP contribution in [-0.2, 0) is 11.2 Å². The molecule has 0 saturated heterocycles. The molecule has 2 rings (SSSR count). The number of amides is 1. The van der Waals surface area contributed by atoms with Crippen LogP contribution in [0.4, 0.5) is 20.2 Å². The number of halogens is 2. The lowest BCUT2D eigenvalue weighted by molar-refractivity contribution is -0.119. The van der Waals surface area contributed by atoms with Gasteiger partial charge in [0.15, 0.2) is 0 Å². The first-order valence-electron chi connectivity index (χ1n) is 4.08. The summed E-state index contributed by atoms with van der Waals surface area (Å²) in [6, 6.07) is 4.50. The van der Waals surface area contributed by atoms with Crippen molar-refractivity contribution in [2.45, 2.75) is 13.0 Å². The minimum atomic E-state index is -2.78. The average molecular weight is 198 g/mol. The smallest absolute Gasteiger partial charge is 0.321 e. The first kappa shape index (κ1) is 8.93. The van der Waals surface area contributed by atoms with Gasteiger partial charge in [0.05, 0.1) is 12.1 Å². The second-order valence-corrected chi connectivity index (χ2v) is 3.11. The molecule has 0 bridgehead atoms. The second kappa shape index (κ2) is 2.94. The number of rotatable bonds is 1. The molecule has 0 aliphatic carbocycles. The number of nitrogen functional groups attached to an aromatic ring is 1. The van der Waals surface area contributed by atoms with E-state index in [1.807, 2.05) is 0 Å². The van der Waals surface area contributed by atoms with E-state index >= 15 is 0 Å². The fourth-order valence-corrected chi connectivity index (χ4v) is 1.58. The highest BCUT2D eigenvalue weighted by atomic mass is 19.3. The molecule has 0 aromatic heterocycles. The van der Waals surface area contributed by atoms with Crippen LogP contribution in [0.3, 0.4) is 0 Å². The molecule has 3 nitrogen and oxygen atoms in total. The Morgan fingerprint density at radius 2 is 2.14 bits per heavy atom. The van der Waals surface area contributed by atoms with E-state index in [2.05, 4.69) is 0 Å². The molecule has 0 unspecified atom stereocenters. The fraction of sp³-hybridized carbons (Fsp3) is 0.222. The summed E-state index contributed by atoms with van der Waals surface area (Å²) in [5.41, 5.74) is 6.79. The molecule has 1 amide bonds. The quantitative estimate of drug-likeness (QED) is 0.547. The summed E-state index contributed by atoms with van der Waals surface area (Å²) < 4.78 is 24.9. The van der Waals surface area contributed by atoms with Crippen molar-refractivity contribution >= 4 is 17.3 Å². The Bertz CT molecular complexity index is 392. The summed E-state index contributed by atoms with van der Waals surface area (Å²) in [6.07, 6.45) is 0.00468. The van der Waals surface area contributed by atoms with Gasteiger partial charge in [0.25, 0.3) is 0 Å². The Kier molecular flexibility index (Phi) is 1.87. The van der Waals surface area contributed by atoms with Crippen LogP contribution in [-0.4, -0.2) is 12.5 Å². The van der Waals surface area contributed by atoms with Crippen LogP contribution in [0, 0.1) is 0 Å². The van der Waals surface area contributed by atoms with Crippen LogP contribution in [0.1, 0.15) is 5.56 Å². The van der Waals surface area contributed by atoms with Gasteiger partial charge < -0.3 is 5.73 Å². The molecular formula is C9H8F2N2O. The number of nitrogens with zero attached hydrogens (tertiary/aromatic N) is 1. The number of alkyl halides is 2. The number of hydrogen-bond donors (Lipinski definition) is 1. The molecular weight excluding hydrogens is 190 g/mol. The maximum Gasteiger partial charge on any atom is 0.321 e. The average Bonchev–Trinajstić information content (AvgIpc) is 2.39. The Morgan fingerprint density at radius 1 is 1.43 bits per heavy atom. The maximum atomic E-state index is 12.4. The highest BCUT2D eigenvalue weighted by Crippen LogP contribution is 2.32. The molecule has 0 spiro atoms. The van der Waals surface area contributed by atoms with Crippen molar-refractivity contribution in [3.05, 3.63) is 23.8 Å². The van der Waals surface area contributed by atoms with Gasteiger partial charge in [0, 0.05) is 5.69 Å². The van der Waals surface area contributed by atoms with Crippen LogP contribution in [0.5, 0.6) is 0 Å². The predicted molar refractivity (Wildman–Crippen MR) is 48.0 cm³/mol. The normalized spacial score (nSPS) is 15.1. The molecule has 0 fully saturated rings. The van der Waals surface area contributed by atoms with Crippen LogP contribution in [0.2, 0.25) is 0 Å². The molecule has 1 aromatic rings. The number of carbonyl (C=O) groups is 1. The van der Waals surface area contributed by atoms with E-state index < -0.39 is 12.5 Å². The van der Waals surface area contributed by atoms with E-state index in [9.17, 15) is 13.6 Å². The lowest BCUT2D eigenvalue weighted by Gasteiger charge is -2.15. The summed E-state index contributed by atoms with van der Waals surface area (Å²) in [5, 5.41) is 0. The van der Waals surface area contributed by atoms with Crippen molar-refractivity contribution in [1.29, 1.82) is 0 Å². The summed E-state index contributed by atoms with van der Waals surface area (Å²) in [5.74, 6) is -0.583. The van der Waals surface area contributed by atoms with E-state index in [0.29, 0.717) is 16.2 Å². The Hall–Kier alpha value is -1.65. The summed E-state index contributed by atoms with van der Waals surface area (Å²) in [7, 11) is 0. The van der Waals surface area contributed by atoms with Crippen molar-refractivity contribution in [2.24, 2.45) is 0 Å². The van der Waals surface area contributed by atoms with Crippen LogP contribution >= 0.6 is 0 Å². The molecule has 0 atom stereocenters. The molecule has 1 aromatic carbocycles. The van der Waals surface area contributed by atoms with Crippen LogP contribution in [0.15, 0.2) is 18.2 Å². The topological polar surface area (TPSA) is 46.3 Å². The van der Waals surface area contributed by atoms with E-state index in [0.717, 1.165) is 0 Å². The third kappa shape index (κ3) is 1.21. The minimum Gasteiger partial charge on any atom is -0.399 e. The first-order valence-corrected chi connectivity index (χ1v) is 4.08. The summed E-state index contributed by atoms with van der Waals surface area (Å²) >= 11 is 0. The minimum absolute atomic E-state index is 0.00468. The number of anilines is 2. The number of fused-ring (bicyclic) bond motifs is 1. The number of nitrogens with two attached hydrogens (primary N) is 1. The lowest BCUT2D eigenvalue weighted by Crippen LogP contribution is -2.31. The second-order valence-electron chi connectivity index (χ2n) is 3.11. The van der Waals surface area contributed by atoms with E-state index in [-0.39, 0.29) is 12.1 Å². The van der Waals surface area contributed by atoms with Crippen molar-refractivity contribution in [1.82, 2.24) is 0 Å². The Morgan fingerprint density at radius 3 is 2.79 bits per heavy atom. The standard InChI is InChI=1S/C9H8F2N2O/c10-9(11)13-7-2-1-6(12)3-5(7)4-8(13)14/h1-3,9H,4,12H2. The molecule has 14 heavy (non-hydrogen) atoms. The van der Waals surface area contributed by atoms with Crippen LogP contribution < -0.4 is 10.6 Å². The Balaban J connectivity index is 2.48. The number of hydrogen-bond acceptors (Lipinski definition) is 2. The third-order valence-electron chi connectivity index (χ3n) is 2.17. The molecule has 0 radical (unpaired) electrons. The zero-order chi connectivity index (χ0) is 10.3. The van der Waals surface area contributed by atoms with E-state index in [1.54, 1.807) is 6.07 Å². The van der Waals surface area contributed by atoms with Gasteiger partial charge in [-0.15, -0.1) is 0 Å². The number of benzene rings is 1. The summed E-state index contributed by atoms with van der Waals surface area (Å²) in [4.78, 5) is 11.7. The molecule has 1 heterocycles. The van der Waals surface area contributed by atoms with Gasteiger partial charge >= 0.3 is 6.55 Å². The Labute approximate surface area is 79.1 Å². The molecule has 0 saturated carbocycles. The number of carbonyl (C=O) groups excluding carboxylic acids is 1. The third-order valence-corrected chi connectivity index (χ3v) is 2.17. The van der Waals surface area contributed by atoms with Crippen LogP contribution in [0.25, 0.3) is 0 Å². The highest BCUT2D eigenvalue weighted by Gasteiger charge is 2.32. The predicted octanol–water partition coefficient (Wildman–Crippen LogP) is 1.38. The van der Waals surface area contributed by atoms with E-state index in [1.165, 1.54) is 12.1 Å². The lowest BCUT2D eigenvalue weighted by atomic mass is 10.1. The van der Waals surface area contributed by atoms with Crippen molar-refractivity contribution < 1.29 is 13.6 Å². The first-order chi connectivity index (χ1) is 6.59. The van der Waals surface area contributed by atoms with Crippen molar-refractivity contribution in [2.75, 3.05) is 10.6 Å². The zero-order valence-corrected chi connectivity index (χ0v) is 7.21. The SMILES string of the molecule is Nc1ccc2c(c1)CC(=O)N2C(F)F. The van der Waals surface area contributed by atoms with Gasteiger partial charge in [-0.3, -0.25) is 9.69 Å². The van der Waals surface area contributed by atoms with Gasteiger partial charge in [-0.2, -0.15) is 8.78 Å².